The number of hydrogen-bond acceptors (Lipinski definition) is 9. The molecule has 4 atom stereocenters. The topological polar surface area (TPSA) is 177 Å². The Balaban J connectivity index is 2.16. The Morgan fingerprint density at radius 3 is 2.75 bits per heavy atom. The van der Waals surface area contributed by atoms with Crippen molar-refractivity contribution in [3.63, 3.8) is 0 Å². The number of fused-ring (bicyclic) bond motifs is 1. The number of nitrogen functional groups attached to an aromatic ring is 1. The highest BCUT2D eigenvalue weighted by molar-refractivity contribution is 5.87. The van der Waals surface area contributed by atoms with Gasteiger partial charge in [0.05, 0.1) is 6.61 Å². The highest BCUT2D eigenvalue weighted by Crippen LogP contribution is 2.33. The molecule has 0 unspecified atom stereocenters. The van der Waals surface area contributed by atoms with Crippen molar-refractivity contribution in [2.75, 3.05) is 12.3 Å². The second-order valence-corrected chi connectivity index (χ2v) is 5.17. The Bertz CT molecular complexity index is 805. The van der Waals surface area contributed by atoms with Gasteiger partial charge in [0.2, 0.25) is 0 Å². The van der Waals surface area contributed by atoms with Crippen molar-refractivity contribution in [1.82, 2.24) is 19.5 Å². The molecule has 0 radical (unpaired) electrons. The number of aliphatic hydroxyl groups excluding tert-OH is 3. The van der Waals surface area contributed by atoms with E-state index in [0.717, 1.165) is 6.08 Å². The average molecular weight is 337 g/mol. The maximum absolute atomic E-state index is 10.8. The van der Waals surface area contributed by atoms with Gasteiger partial charge in [-0.05, 0) is 6.08 Å². The van der Waals surface area contributed by atoms with Crippen LogP contribution < -0.4 is 5.73 Å². The molecule has 24 heavy (non-hydrogen) atoms. The van der Waals surface area contributed by atoms with Gasteiger partial charge in [-0.15, -0.1) is 0 Å². The molecule has 6 N–H and O–H groups in total. The Labute approximate surface area is 134 Å². The number of ether oxygens (including phenoxy) is 1. The zero-order valence-corrected chi connectivity index (χ0v) is 12.2. The van der Waals surface area contributed by atoms with Gasteiger partial charge >= 0.3 is 5.97 Å². The minimum absolute atomic E-state index is 0.0652. The summed E-state index contributed by atoms with van der Waals surface area (Å²) in [6, 6.07) is 0. The lowest BCUT2D eigenvalue weighted by Crippen LogP contribution is -2.33. The van der Waals surface area contributed by atoms with Crippen LogP contribution in [0, 0.1) is 0 Å². The first-order valence-electron chi connectivity index (χ1n) is 6.96. The number of carboxylic acids is 1. The number of imidazole rings is 1. The lowest BCUT2D eigenvalue weighted by Gasteiger charge is -2.18. The molecule has 1 aliphatic heterocycles. The Morgan fingerprint density at radius 2 is 2.12 bits per heavy atom. The molecule has 2 aromatic rings. The summed E-state index contributed by atoms with van der Waals surface area (Å²) in [7, 11) is 0. The summed E-state index contributed by atoms with van der Waals surface area (Å²) < 4.78 is 6.77. The largest absolute Gasteiger partial charge is 0.478 e. The first-order chi connectivity index (χ1) is 11.4. The molecule has 0 aliphatic carbocycles. The summed E-state index contributed by atoms with van der Waals surface area (Å²) in [5.41, 5.74) is 6.14. The van der Waals surface area contributed by atoms with Gasteiger partial charge in [0.15, 0.2) is 23.2 Å². The summed E-state index contributed by atoms with van der Waals surface area (Å²) in [5, 5.41) is 38.2. The van der Waals surface area contributed by atoms with E-state index in [4.69, 9.17) is 15.6 Å². The number of carbonyl (C=O) groups is 1. The summed E-state index contributed by atoms with van der Waals surface area (Å²) in [6.07, 6.45) is -1.63. The van der Waals surface area contributed by atoms with Gasteiger partial charge in [-0.1, -0.05) is 0 Å². The molecule has 11 heteroatoms. The van der Waals surface area contributed by atoms with Crippen molar-refractivity contribution >= 4 is 29.0 Å². The average Bonchev–Trinajstić information content (AvgIpc) is 3.05. The van der Waals surface area contributed by atoms with E-state index >= 15 is 0 Å². The fourth-order valence-electron chi connectivity index (χ4n) is 2.55. The summed E-state index contributed by atoms with van der Waals surface area (Å²) in [6.45, 7) is -0.501. The Kier molecular flexibility index (Phi) is 4.15. The van der Waals surface area contributed by atoms with Gasteiger partial charge in [-0.2, -0.15) is 0 Å². The van der Waals surface area contributed by atoms with E-state index in [1.54, 1.807) is 0 Å². The summed E-state index contributed by atoms with van der Waals surface area (Å²) in [5.74, 6) is -1.04. The molecule has 1 fully saturated rings. The van der Waals surface area contributed by atoms with Gasteiger partial charge in [0.25, 0.3) is 0 Å². The maximum atomic E-state index is 10.8. The molecule has 0 bridgehead atoms. The zero-order valence-electron chi connectivity index (χ0n) is 12.2. The van der Waals surface area contributed by atoms with E-state index in [1.807, 2.05) is 0 Å². The molecule has 1 aliphatic rings. The van der Waals surface area contributed by atoms with Crippen molar-refractivity contribution in [3.05, 3.63) is 18.2 Å². The minimum Gasteiger partial charge on any atom is -0.478 e. The minimum atomic E-state index is -1.38. The molecule has 0 spiro atoms. The molecular weight excluding hydrogens is 322 g/mol. The monoisotopic (exact) mass is 337 g/mol. The van der Waals surface area contributed by atoms with Crippen LogP contribution >= 0.6 is 0 Å². The molecule has 128 valence electrons. The van der Waals surface area contributed by atoms with E-state index in [2.05, 4.69) is 15.0 Å². The molecule has 2 aromatic heterocycles. The number of rotatable bonds is 4. The molecular formula is C13H15N5O6. The van der Waals surface area contributed by atoms with E-state index in [-0.39, 0.29) is 22.8 Å². The molecule has 3 heterocycles. The molecule has 0 aromatic carbocycles. The van der Waals surface area contributed by atoms with Crippen LogP contribution in [-0.2, 0) is 9.53 Å². The second-order valence-electron chi connectivity index (χ2n) is 5.17. The second kappa shape index (κ2) is 6.13. The number of anilines is 1. The van der Waals surface area contributed by atoms with Crippen molar-refractivity contribution in [2.24, 2.45) is 0 Å². The van der Waals surface area contributed by atoms with Crippen LogP contribution in [0.15, 0.2) is 12.4 Å². The SMILES string of the molecule is Nc1ncnc2c1nc(/C=C/C(=O)O)n2[C@@H]1O[C@H](CO)[C@@H](O)[C@H]1O. The van der Waals surface area contributed by atoms with Crippen molar-refractivity contribution in [1.29, 1.82) is 0 Å². The fourth-order valence-corrected chi connectivity index (χ4v) is 2.55. The number of aliphatic hydroxyl groups is 3. The predicted molar refractivity (Wildman–Crippen MR) is 79.4 cm³/mol. The van der Waals surface area contributed by atoms with E-state index in [1.165, 1.54) is 17.0 Å². The summed E-state index contributed by atoms with van der Waals surface area (Å²) >= 11 is 0. The van der Waals surface area contributed by atoms with E-state index in [9.17, 15) is 20.1 Å². The van der Waals surface area contributed by atoms with Gasteiger partial charge in [-0.25, -0.2) is 19.7 Å². The molecule has 0 amide bonds. The number of aliphatic carboxylic acids is 1. The van der Waals surface area contributed by atoms with Gasteiger partial charge in [0.1, 0.15) is 30.5 Å². The highest BCUT2D eigenvalue weighted by atomic mass is 16.6. The van der Waals surface area contributed by atoms with E-state index in [0.29, 0.717) is 0 Å². The molecule has 0 saturated carbocycles. The fraction of sp³-hybridized carbons (Fsp3) is 0.385. The maximum Gasteiger partial charge on any atom is 0.328 e. The number of nitrogens with two attached hydrogens (primary N) is 1. The summed E-state index contributed by atoms with van der Waals surface area (Å²) in [4.78, 5) is 22.8. The van der Waals surface area contributed by atoms with Gasteiger partial charge in [0, 0.05) is 6.08 Å². The Morgan fingerprint density at radius 1 is 1.38 bits per heavy atom. The van der Waals surface area contributed by atoms with Crippen LogP contribution in [0.5, 0.6) is 0 Å². The predicted octanol–water partition coefficient (Wildman–Crippen LogP) is -1.88. The lowest BCUT2D eigenvalue weighted by molar-refractivity contribution is -0.131. The Hall–Kier alpha value is -2.60. The van der Waals surface area contributed by atoms with Crippen molar-refractivity contribution in [3.8, 4) is 0 Å². The van der Waals surface area contributed by atoms with Crippen LogP contribution in [0.3, 0.4) is 0 Å². The first-order valence-corrected chi connectivity index (χ1v) is 6.96. The number of nitrogens with zero attached hydrogens (tertiary/aromatic N) is 4. The van der Waals surface area contributed by atoms with Crippen molar-refractivity contribution in [2.45, 2.75) is 24.5 Å². The number of aromatic nitrogens is 4. The third-order valence-corrected chi connectivity index (χ3v) is 3.68. The van der Waals surface area contributed by atoms with Gasteiger partial charge in [-0.3, -0.25) is 4.57 Å². The van der Waals surface area contributed by atoms with Crippen LogP contribution in [-0.4, -0.2) is 70.8 Å². The first kappa shape index (κ1) is 16.3. The zero-order chi connectivity index (χ0) is 17.4. The molecule has 3 rings (SSSR count). The standard InChI is InChI=1S/C13H15N5O6/c14-11-8-12(16-4-15-11)18(6(17-8)1-2-7(20)21)13-10(23)9(22)5(3-19)24-13/h1-2,4-5,9-10,13,19,22-23H,3H2,(H,20,21)(H2,14,15,16)/b2-1+/t5-,9-,10-,13-/m1/s1. The third kappa shape index (κ3) is 2.59. The van der Waals surface area contributed by atoms with Gasteiger partial charge < -0.3 is 30.9 Å². The van der Waals surface area contributed by atoms with Crippen molar-refractivity contribution < 1.29 is 30.0 Å². The molecule has 11 nitrogen and oxygen atoms in total. The number of hydrogen-bond donors (Lipinski definition) is 5. The normalized spacial score (nSPS) is 27.3. The molecule has 1 saturated heterocycles. The van der Waals surface area contributed by atoms with E-state index < -0.39 is 37.1 Å². The van der Waals surface area contributed by atoms with Crippen LogP contribution in [0.1, 0.15) is 12.1 Å². The highest BCUT2D eigenvalue weighted by Gasteiger charge is 2.44. The quantitative estimate of drug-likeness (QED) is 0.396. The third-order valence-electron chi connectivity index (χ3n) is 3.68. The lowest BCUT2D eigenvalue weighted by atomic mass is 10.1. The van der Waals surface area contributed by atoms with Crippen LogP contribution in [0.25, 0.3) is 17.2 Å². The smallest absolute Gasteiger partial charge is 0.328 e. The number of carboxylic acid groups (broad SMARTS) is 1. The van der Waals surface area contributed by atoms with Crippen LogP contribution in [0.4, 0.5) is 5.82 Å². The van der Waals surface area contributed by atoms with Crippen LogP contribution in [0.2, 0.25) is 0 Å².